The number of aryl methyl sites for hydroxylation is 1. The normalized spacial score (nSPS) is 25.5. The molecule has 0 saturated heterocycles. The van der Waals surface area contributed by atoms with E-state index in [0.717, 1.165) is 37.4 Å². The number of rotatable bonds is 3. The highest BCUT2D eigenvalue weighted by Gasteiger charge is 2.22. The molecule has 4 nitrogen and oxygen atoms in total. The number of hydrogen-bond donors (Lipinski definition) is 2. The van der Waals surface area contributed by atoms with Gasteiger partial charge in [-0.3, -0.25) is 0 Å². The van der Waals surface area contributed by atoms with Crippen LogP contribution >= 0.6 is 0 Å². The summed E-state index contributed by atoms with van der Waals surface area (Å²) in [6.07, 6.45) is 4.63. The first-order valence-electron chi connectivity index (χ1n) is 5.45. The van der Waals surface area contributed by atoms with Gasteiger partial charge in [0, 0.05) is 12.7 Å². The molecular formula is C11H17N3O. The van der Waals surface area contributed by atoms with Gasteiger partial charge in [-0.25, -0.2) is 9.97 Å². The fourth-order valence-corrected chi connectivity index (χ4v) is 2.04. The second-order valence-electron chi connectivity index (χ2n) is 4.20. The number of aliphatic hydroxyl groups excluding tert-OH is 1. The summed E-state index contributed by atoms with van der Waals surface area (Å²) in [5.41, 5.74) is 0. The lowest BCUT2D eigenvalue weighted by Crippen LogP contribution is -2.13. The van der Waals surface area contributed by atoms with Crippen molar-refractivity contribution >= 4 is 5.82 Å². The maximum Gasteiger partial charge on any atom is 0.129 e. The van der Waals surface area contributed by atoms with Crippen LogP contribution in [0.3, 0.4) is 0 Å². The predicted octanol–water partition coefficient (Wildman–Crippen LogP) is 1.36. The van der Waals surface area contributed by atoms with Gasteiger partial charge in [-0.2, -0.15) is 0 Å². The van der Waals surface area contributed by atoms with Gasteiger partial charge in [-0.05, 0) is 38.2 Å². The van der Waals surface area contributed by atoms with Gasteiger partial charge >= 0.3 is 0 Å². The Morgan fingerprint density at radius 3 is 3.07 bits per heavy atom. The molecule has 2 unspecified atom stereocenters. The van der Waals surface area contributed by atoms with Crippen molar-refractivity contribution in [2.45, 2.75) is 32.3 Å². The molecule has 1 fully saturated rings. The first-order valence-corrected chi connectivity index (χ1v) is 5.45. The lowest BCUT2D eigenvalue weighted by atomic mass is 10.1. The average molecular weight is 207 g/mol. The molecule has 1 aliphatic carbocycles. The van der Waals surface area contributed by atoms with Crippen molar-refractivity contribution in [1.29, 1.82) is 0 Å². The maximum atomic E-state index is 9.39. The lowest BCUT2D eigenvalue weighted by Gasteiger charge is -2.11. The van der Waals surface area contributed by atoms with Gasteiger partial charge in [0.15, 0.2) is 0 Å². The van der Waals surface area contributed by atoms with Gasteiger partial charge in [0.25, 0.3) is 0 Å². The van der Waals surface area contributed by atoms with Crippen molar-refractivity contribution in [2.75, 3.05) is 11.9 Å². The zero-order chi connectivity index (χ0) is 10.7. The van der Waals surface area contributed by atoms with Crippen LogP contribution in [0.2, 0.25) is 0 Å². The Kier molecular flexibility index (Phi) is 3.16. The molecule has 1 heterocycles. The van der Waals surface area contributed by atoms with E-state index < -0.39 is 0 Å². The van der Waals surface area contributed by atoms with Crippen LogP contribution in [0, 0.1) is 12.8 Å². The Balaban J connectivity index is 1.83. The third-order valence-electron chi connectivity index (χ3n) is 2.86. The molecule has 1 aliphatic rings. The molecule has 0 bridgehead atoms. The maximum absolute atomic E-state index is 9.39. The molecule has 0 aliphatic heterocycles. The Morgan fingerprint density at radius 2 is 2.40 bits per heavy atom. The van der Waals surface area contributed by atoms with Gasteiger partial charge in [-0.15, -0.1) is 0 Å². The van der Waals surface area contributed by atoms with Crippen LogP contribution in [0.5, 0.6) is 0 Å². The number of anilines is 1. The highest BCUT2D eigenvalue weighted by atomic mass is 16.3. The van der Waals surface area contributed by atoms with Gasteiger partial charge < -0.3 is 10.4 Å². The van der Waals surface area contributed by atoms with E-state index in [1.165, 1.54) is 0 Å². The average Bonchev–Trinajstić information content (AvgIpc) is 2.62. The Hall–Kier alpha value is -1.16. The minimum Gasteiger partial charge on any atom is -0.393 e. The molecule has 82 valence electrons. The van der Waals surface area contributed by atoms with Crippen LogP contribution < -0.4 is 5.32 Å². The molecule has 0 aromatic carbocycles. The summed E-state index contributed by atoms with van der Waals surface area (Å²) in [5, 5.41) is 12.7. The van der Waals surface area contributed by atoms with Crippen LogP contribution in [-0.4, -0.2) is 27.7 Å². The molecule has 0 spiro atoms. The molecule has 2 atom stereocenters. The fraction of sp³-hybridized carbons (Fsp3) is 0.636. The third-order valence-corrected chi connectivity index (χ3v) is 2.86. The molecule has 2 rings (SSSR count). The van der Waals surface area contributed by atoms with Crippen LogP contribution in [-0.2, 0) is 0 Å². The largest absolute Gasteiger partial charge is 0.393 e. The van der Waals surface area contributed by atoms with E-state index in [0.29, 0.717) is 5.92 Å². The highest BCUT2D eigenvalue weighted by molar-refractivity contribution is 5.32. The van der Waals surface area contributed by atoms with Gasteiger partial charge in [0.05, 0.1) is 6.10 Å². The van der Waals surface area contributed by atoms with Crippen molar-refractivity contribution in [1.82, 2.24) is 9.97 Å². The van der Waals surface area contributed by atoms with Crippen LogP contribution in [0.15, 0.2) is 12.3 Å². The fourth-order valence-electron chi connectivity index (χ4n) is 2.04. The summed E-state index contributed by atoms with van der Waals surface area (Å²) >= 11 is 0. The molecule has 1 aromatic heterocycles. The van der Waals surface area contributed by atoms with Gasteiger partial charge in [-0.1, -0.05) is 0 Å². The Morgan fingerprint density at radius 1 is 1.53 bits per heavy atom. The van der Waals surface area contributed by atoms with E-state index in [2.05, 4.69) is 15.3 Å². The summed E-state index contributed by atoms with van der Waals surface area (Å²) in [4.78, 5) is 8.31. The van der Waals surface area contributed by atoms with Crippen LogP contribution in [0.1, 0.15) is 25.1 Å². The summed E-state index contributed by atoms with van der Waals surface area (Å²) in [6.45, 7) is 2.78. The number of aliphatic hydroxyl groups is 1. The standard InChI is InChI=1S/C11H17N3O/c1-8-12-5-4-11(14-8)13-7-9-2-3-10(15)6-9/h4-5,9-10,15H,2-3,6-7H2,1H3,(H,12,13,14). The molecular weight excluding hydrogens is 190 g/mol. The quantitative estimate of drug-likeness (QED) is 0.785. The van der Waals surface area contributed by atoms with E-state index in [1.54, 1.807) is 6.20 Å². The van der Waals surface area contributed by atoms with Crippen molar-refractivity contribution in [3.63, 3.8) is 0 Å². The molecule has 1 aromatic rings. The number of hydrogen-bond acceptors (Lipinski definition) is 4. The Bertz CT molecular complexity index is 329. The summed E-state index contributed by atoms with van der Waals surface area (Å²) in [7, 11) is 0. The first-order chi connectivity index (χ1) is 7.24. The molecule has 4 heteroatoms. The molecule has 0 radical (unpaired) electrons. The second-order valence-corrected chi connectivity index (χ2v) is 4.20. The van der Waals surface area contributed by atoms with Crippen molar-refractivity contribution < 1.29 is 5.11 Å². The predicted molar refractivity (Wildman–Crippen MR) is 58.6 cm³/mol. The summed E-state index contributed by atoms with van der Waals surface area (Å²) in [6, 6.07) is 1.87. The summed E-state index contributed by atoms with van der Waals surface area (Å²) in [5.74, 6) is 2.24. The third kappa shape index (κ3) is 2.89. The molecule has 0 amide bonds. The highest BCUT2D eigenvalue weighted by Crippen LogP contribution is 2.25. The first kappa shape index (κ1) is 10.4. The van der Waals surface area contributed by atoms with E-state index >= 15 is 0 Å². The number of nitrogens with one attached hydrogen (secondary N) is 1. The van der Waals surface area contributed by atoms with E-state index in [1.807, 2.05) is 13.0 Å². The minimum absolute atomic E-state index is 0.0936. The zero-order valence-corrected chi connectivity index (χ0v) is 8.98. The van der Waals surface area contributed by atoms with E-state index in [-0.39, 0.29) is 6.10 Å². The monoisotopic (exact) mass is 207 g/mol. The summed E-state index contributed by atoms with van der Waals surface area (Å²) < 4.78 is 0. The van der Waals surface area contributed by atoms with Crippen LogP contribution in [0.4, 0.5) is 5.82 Å². The minimum atomic E-state index is -0.0936. The molecule has 2 N–H and O–H groups in total. The Labute approximate surface area is 89.8 Å². The molecule has 1 saturated carbocycles. The topological polar surface area (TPSA) is 58.0 Å². The van der Waals surface area contributed by atoms with Crippen molar-refractivity contribution in [3.8, 4) is 0 Å². The van der Waals surface area contributed by atoms with Crippen molar-refractivity contribution in [2.24, 2.45) is 5.92 Å². The number of aromatic nitrogens is 2. The molecule has 15 heavy (non-hydrogen) atoms. The number of nitrogens with zero attached hydrogens (tertiary/aromatic N) is 2. The zero-order valence-electron chi connectivity index (χ0n) is 8.98. The van der Waals surface area contributed by atoms with Crippen molar-refractivity contribution in [3.05, 3.63) is 18.1 Å². The lowest BCUT2D eigenvalue weighted by molar-refractivity contribution is 0.178. The SMILES string of the molecule is Cc1nccc(NCC2CCC(O)C2)n1. The second kappa shape index (κ2) is 4.57. The van der Waals surface area contributed by atoms with Crippen LogP contribution in [0.25, 0.3) is 0 Å². The van der Waals surface area contributed by atoms with Gasteiger partial charge in [0.2, 0.25) is 0 Å². The van der Waals surface area contributed by atoms with Gasteiger partial charge in [0.1, 0.15) is 11.6 Å². The van der Waals surface area contributed by atoms with E-state index in [4.69, 9.17) is 0 Å². The smallest absolute Gasteiger partial charge is 0.129 e. The van der Waals surface area contributed by atoms with E-state index in [9.17, 15) is 5.11 Å².